The molecule has 0 spiro atoms. The summed E-state index contributed by atoms with van der Waals surface area (Å²) in [6.07, 6.45) is 0.161. The minimum atomic E-state index is -0.681. The first-order valence-corrected chi connectivity index (χ1v) is 7.91. The molecule has 1 aromatic carbocycles. The summed E-state index contributed by atoms with van der Waals surface area (Å²) in [5, 5.41) is 12.9. The molecule has 0 aliphatic carbocycles. The second kappa shape index (κ2) is 6.39. The fourth-order valence-corrected chi connectivity index (χ4v) is 2.83. The molecule has 1 atom stereocenters. The molecule has 2 aromatic rings. The number of hydrazone groups is 1. The summed E-state index contributed by atoms with van der Waals surface area (Å²) in [4.78, 5) is 24.4. The molecule has 3 N–H and O–H groups in total. The second-order valence-electron chi connectivity index (χ2n) is 5.97. The fourth-order valence-electron chi connectivity index (χ4n) is 2.83. The van der Waals surface area contributed by atoms with Crippen LogP contribution < -0.4 is 16.1 Å². The molecule has 1 unspecified atom stereocenters. The molecule has 2 heterocycles. The Morgan fingerprint density at radius 3 is 2.48 bits per heavy atom. The molecular formula is C17H20N6O2. The van der Waals surface area contributed by atoms with Crippen LogP contribution in [-0.4, -0.2) is 33.3 Å². The van der Waals surface area contributed by atoms with Crippen molar-refractivity contribution in [2.45, 2.75) is 26.3 Å². The van der Waals surface area contributed by atoms with E-state index in [1.807, 2.05) is 51.2 Å². The average molecular weight is 340 g/mol. The highest BCUT2D eigenvalue weighted by Gasteiger charge is 2.35. The van der Waals surface area contributed by atoms with E-state index in [0.717, 1.165) is 11.4 Å². The summed E-state index contributed by atoms with van der Waals surface area (Å²) >= 11 is 0. The van der Waals surface area contributed by atoms with Gasteiger partial charge in [0.25, 0.3) is 5.91 Å². The van der Waals surface area contributed by atoms with Gasteiger partial charge in [0.1, 0.15) is 11.8 Å². The minimum absolute atomic E-state index is 0.161. The topological polar surface area (TPSA) is 106 Å². The van der Waals surface area contributed by atoms with E-state index >= 15 is 0 Å². The highest BCUT2D eigenvalue weighted by atomic mass is 16.2. The van der Waals surface area contributed by atoms with Gasteiger partial charge in [-0.3, -0.25) is 19.3 Å². The Balaban J connectivity index is 1.86. The van der Waals surface area contributed by atoms with Crippen LogP contribution in [0.2, 0.25) is 0 Å². The van der Waals surface area contributed by atoms with Crippen LogP contribution in [0.3, 0.4) is 0 Å². The van der Waals surface area contributed by atoms with Gasteiger partial charge in [0.15, 0.2) is 0 Å². The lowest BCUT2D eigenvalue weighted by atomic mass is 10.1. The smallest absolute Gasteiger partial charge is 0.272 e. The summed E-state index contributed by atoms with van der Waals surface area (Å²) < 4.78 is 1.70. The van der Waals surface area contributed by atoms with E-state index in [4.69, 9.17) is 5.73 Å². The number of hydrogen-bond acceptors (Lipinski definition) is 5. The summed E-state index contributed by atoms with van der Waals surface area (Å²) in [7, 11) is 1.81. The molecule has 25 heavy (non-hydrogen) atoms. The number of nitrogens with zero attached hydrogens (tertiary/aromatic N) is 4. The summed E-state index contributed by atoms with van der Waals surface area (Å²) in [5.74, 6) is -0.881. The van der Waals surface area contributed by atoms with Gasteiger partial charge in [-0.05, 0) is 26.0 Å². The molecule has 8 heteroatoms. The molecule has 3 rings (SSSR count). The van der Waals surface area contributed by atoms with Crippen LogP contribution in [0.5, 0.6) is 0 Å². The Bertz CT molecular complexity index is 856. The Morgan fingerprint density at radius 1 is 1.24 bits per heavy atom. The number of para-hydroxylation sites is 1. The van der Waals surface area contributed by atoms with Crippen LogP contribution in [-0.2, 0) is 16.6 Å². The zero-order chi connectivity index (χ0) is 18.1. The number of carbonyl (C=O) groups excluding carboxylic acids is 2. The molecule has 8 nitrogen and oxygen atoms in total. The van der Waals surface area contributed by atoms with Crippen molar-refractivity contribution in [1.82, 2.24) is 9.78 Å². The molecule has 0 fully saturated rings. The number of rotatable bonds is 4. The standard InChI is InChI=1S/C17H20N6O2/c1-10-15(11(2)22(3)20-10)19-17(25)13-9-14(16(18)24)23(21-13)12-7-5-4-6-8-12/h4-8,14H,9H2,1-3H3,(H2,18,24)(H,19,25). The van der Waals surface area contributed by atoms with Gasteiger partial charge in [0.05, 0.1) is 22.8 Å². The van der Waals surface area contributed by atoms with Gasteiger partial charge < -0.3 is 11.1 Å². The zero-order valence-electron chi connectivity index (χ0n) is 14.4. The van der Waals surface area contributed by atoms with E-state index in [1.54, 1.807) is 4.68 Å². The summed E-state index contributed by atoms with van der Waals surface area (Å²) in [5.41, 5.74) is 8.68. The van der Waals surface area contributed by atoms with E-state index in [0.29, 0.717) is 11.4 Å². The first-order valence-electron chi connectivity index (χ1n) is 7.91. The maximum Gasteiger partial charge on any atom is 0.272 e. The third-order valence-corrected chi connectivity index (χ3v) is 4.27. The highest BCUT2D eigenvalue weighted by Crippen LogP contribution is 2.25. The number of aromatic nitrogens is 2. The lowest BCUT2D eigenvalue weighted by molar-refractivity contribution is -0.119. The third-order valence-electron chi connectivity index (χ3n) is 4.27. The predicted octanol–water partition coefficient (Wildman–Crippen LogP) is 1.10. The van der Waals surface area contributed by atoms with Gasteiger partial charge in [-0.2, -0.15) is 10.2 Å². The predicted molar refractivity (Wildman–Crippen MR) is 95.3 cm³/mol. The van der Waals surface area contributed by atoms with Gasteiger partial charge in [-0.15, -0.1) is 0 Å². The van der Waals surface area contributed by atoms with Gasteiger partial charge in [0, 0.05) is 13.5 Å². The molecule has 1 aromatic heterocycles. The van der Waals surface area contributed by atoms with Crippen LogP contribution in [0, 0.1) is 13.8 Å². The van der Waals surface area contributed by atoms with Crippen molar-refractivity contribution in [3.05, 3.63) is 41.7 Å². The summed E-state index contributed by atoms with van der Waals surface area (Å²) in [6.45, 7) is 3.69. The number of anilines is 2. The van der Waals surface area contributed by atoms with Gasteiger partial charge in [0.2, 0.25) is 5.91 Å². The number of hydrogen-bond donors (Lipinski definition) is 2. The number of benzene rings is 1. The van der Waals surface area contributed by atoms with Gasteiger partial charge in [-0.1, -0.05) is 18.2 Å². The zero-order valence-corrected chi connectivity index (χ0v) is 14.4. The molecule has 1 aliphatic rings. The fraction of sp³-hybridized carbons (Fsp3) is 0.294. The van der Waals surface area contributed by atoms with E-state index in [2.05, 4.69) is 15.5 Å². The SMILES string of the molecule is Cc1nn(C)c(C)c1NC(=O)C1=NN(c2ccccc2)C(C(N)=O)C1. The average Bonchev–Trinajstić information content (AvgIpc) is 3.13. The number of primary amides is 1. The number of carbonyl (C=O) groups is 2. The van der Waals surface area contributed by atoms with E-state index in [9.17, 15) is 9.59 Å². The lowest BCUT2D eigenvalue weighted by Crippen LogP contribution is -2.39. The molecule has 130 valence electrons. The van der Waals surface area contributed by atoms with Crippen LogP contribution >= 0.6 is 0 Å². The van der Waals surface area contributed by atoms with Gasteiger partial charge >= 0.3 is 0 Å². The molecule has 0 radical (unpaired) electrons. The molecule has 0 bridgehead atoms. The van der Waals surface area contributed by atoms with Crippen molar-refractivity contribution in [2.75, 3.05) is 10.3 Å². The summed E-state index contributed by atoms with van der Waals surface area (Å²) in [6, 6.07) is 8.49. The Labute approximate surface area is 145 Å². The van der Waals surface area contributed by atoms with E-state index in [-0.39, 0.29) is 18.0 Å². The minimum Gasteiger partial charge on any atom is -0.368 e. The van der Waals surface area contributed by atoms with Crippen LogP contribution in [0.25, 0.3) is 0 Å². The largest absolute Gasteiger partial charge is 0.368 e. The normalized spacial score (nSPS) is 16.7. The van der Waals surface area contributed by atoms with E-state index in [1.165, 1.54) is 5.01 Å². The van der Waals surface area contributed by atoms with Crippen molar-refractivity contribution >= 4 is 28.9 Å². The first kappa shape index (κ1) is 16.7. The second-order valence-corrected chi connectivity index (χ2v) is 5.97. The monoisotopic (exact) mass is 340 g/mol. The maximum atomic E-state index is 12.6. The number of nitrogens with one attached hydrogen (secondary N) is 1. The van der Waals surface area contributed by atoms with Crippen LogP contribution in [0.1, 0.15) is 17.8 Å². The van der Waals surface area contributed by atoms with Gasteiger partial charge in [-0.25, -0.2) is 0 Å². The van der Waals surface area contributed by atoms with Crippen molar-refractivity contribution in [3.8, 4) is 0 Å². The lowest BCUT2D eigenvalue weighted by Gasteiger charge is -2.20. The van der Waals surface area contributed by atoms with Crippen molar-refractivity contribution in [2.24, 2.45) is 17.9 Å². The molecule has 0 saturated heterocycles. The first-order chi connectivity index (χ1) is 11.9. The molecule has 0 saturated carbocycles. The van der Waals surface area contributed by atoms with Crippen molar-refractivity contribution in [1.29, 1.82) is 0 Å². The van der Waals surface area contributed by atoms with Crippen molar-refractivity contribution in [3.63, 3.8) is 0 Å². The van der Waals surface area contributed by atoms with Crippen LogP contribution in [0.15, 0.2) is 35.4 Å². The Morgan fingerprint density at radius 2 is 1.92 bits per heavy atom. The highest BCUT2D eigenvalue weighted by molar-refractivity contribution is 6.44. The third kappa shape index (κ3) is 3.10. The Kier molecular flexibility index (Phi) is 4.26. The Hall–Kier alpha value is -3.16. The number of nitrogens with two attached hydrogens (primary N) is 1. The van der Waals surface area contributed by atoms with E-state index < -0.39 is 11.9 Å². The van der Waals surface area contributed by atoms with Crippen molar-refractivity contribution < 1.29 is 9.59 Å². The van der Waals surface area contributed by atoms with Crippen LogP contribution in [0.4, 0.5) is 11.4 Å². The number of aryl methyl sites for hydroxylation is 2. The number of amides is 2. The molecular weight excluding hydrogens is 320 g/mol. The maximum absolute atomic E-state index is 12.6. The molecule has 1 aliphatic heterocycles. The molecule has 2 amide bonds. The quantitative estimate of drug-likeness (QED) is 0.869.